The second-order valence-electron chi connectivity index (χ2n) is 3.87. The van der Waals surface area contributed by atoms with E-state index in [0.717, 1.165) is 38.5 Å². The minimum Gasteiger partial charge on any atom is -0.396 e. The minimum absolute atomic E-state index is 0.212. The van der Waals surface area contributed by atoms with Crippen LogP contribution in [0.1, 0.15) is 58.3 Å². The normalized spacial score (nSPS) is 13.1. The standard InChI is InChI=1S/C12H25O2/c1-2-3-6-9-12(14)10-7-4-5-8-11-13/h10,12-14H,2-9,11H2,1H3. The van der Waals surface area contributed by atoms with Crippen molar-refractivity contribution >= 4 is 0 Å². The minimum atomic E-state index is -0.212. The number of hydrogen-bond donors (Lipinski definition) is 2. The van der Waals surface area contributed by atoms with Gasteiger partial charge in [-0.1, -0.05) is 39.0 Å². The molecule has 0 heterocycles. The molecule has 0 spiro atoms. The summed E-state index contributed by atoms with van der Waals surface area (Å²) in [7, 11) is 0. The molecule has 2 N–H and O–H groups in total. The van der Waals surface area contributed by atoms with Gasteiger partial charge in [-0.3, -0.25) is 0 Å². The smallest absolute Gasteiger partial charge is 0.0572 e. The van der Waals surface area contributed by atoms with Gasteiger partial charge >= 0.3 is 0 Å². The molecule has 0 aromatic carbocycles. The van der Waals surface area contributed by atoms with Crippen LogP contribution < -0.4 is 0 Å². The Morgan fingerprint density at radius 3 is 2.50 bits per heavy atom. The first-order valence-electron chi connectivity index (χ1n) is 5.93. The van der Waals surface area contributed by atoms with E-state index in [2.05, 4.69) is 6.92 Å². The second kappa shape index (κ2) is 11.0. The number of aliphatic hydroxyl groups is 2. The molecule has 2 heteroatoms. The van der Waals surface area contributed by atoms with Crippen LogP contribution in [0.15, 0.2) is 0 Å². The lowest BCUT2D eigenvalue weighted by Gasteiger charge is -2.08. The van der Waals surface area contributed by atoms with Gasteiger partial charge in [-0.2, -0.15) is 0 Å². The summed E-state index contributed by atoms with van der Waals surface area (Å²) in [6.45, 7) is 2.46. The third kappa shape index (κ3) is 10.0. The van der Waals surface area contributed by atoms with E-state index < -0.39 is 0 Å². The third-order valence-electron chi connectivity index (χ3n) is 2.40. The first kappa shape index (κ1) is 13.9. The lowest BCUT2D eigenvalue weighted by molar-refractivity contribution is 0.187. The van der Waals surface area contributed by atoms with E-state index in [4.69, 9.17) is 5.11 Å². The van der Waals surface area contributed by atoms with Crippen LogP contribution in [0.25, 0.3) is 0 Å². The van der Waals surface area contributed by atoms with Crippen molar-refractivity contribution in [3.05, 3.63) is 6.42 Å². The zero-order chi connectivity index (χ0) is 10.6. The molecule has 1 radical (unpaired) electrons. The molecule has 2 nitrogen and oxygen atoms in total. The van der Waals surface area contributed by atoms with Gasteiger partial charge in [0.05, 0.1) is 6.10 Å². The molecule has 0 aliphatic rings. The van der Waals surface area contributed by atoms with Crippen LogP contribution in [0.2, 0.25) is 0 Å². The molecule has 0 amide bonds. The molecule has 0 aliphatic carbocycles. The molecule has 0 aromatic rings. The topological polar surface area (TPSA) is 40.5 Å². The van der Waals surface area contributed by atoms with Crippen molar-refractivity contribution < 1.29 is 10.2 Å². The maximum absolute atomic E-state index is 9.53. The summed E-state index contributed by atoms with van der Waals surface area (Å²) in [5, 5.41) is 18.1. The van der Waals surface area contributed by atoms with E-state index in [1.165, 1.54) is 12.8 Å². The number of unbranched alkanes of at least 4 members (excludes halogenated alkanes) is 5. The van der Waals surface area contributed by atoms with Crippen molar-refractivity contribution in [2.45, 2.75) is 64.4 Å². The highest BCUT2D eigenvalue weighted by molar-refractivity contribution is 4.74. The average molecular weight is 201 g/mol. The summed E-state index contributed by atoms with van der Waals surface area (Å²) in [4.78, 5) is 0. The first-order valence-corrected chi connectivity index (χ1v) is 5.93. The van der Waals surface area contributed by atoms with Gasteiger partial charge in [0.25, 0.3) is 0 Å². The molecule has 14 heavy (non-hydrogen) atoms. The zero-order valence-corrected chi connectivity index (χ0v) is 9.41. The van der Waals surface area contributed by atoms with Gasteiger partial charge in [0.2, 0.25) is 0 Å². The van der Waals surface area contributed by atoms with Gasteiger partial charge in [-0.05, 0) is 25.7 Å². The largest absolute Gasteiger partial charge is 0.396 e. The molecule has 1 atom stereocenters. The van der Waals surface area contributed by atoms with E-state index >= 15 is 0 Å². The van der Waals surface area contributed by atoms with Gasteiger partial charge in [0.1, 0.15) is 0 Å². The lowest BCUT2D eigenvalue weighted by Crippen LogP contribution is -2.06. The maximum atomic E-state index is 9.53. The molecule has 0 aromatic heterocycles. The number of rotatable bonds is 10. The summed E-state index contributed by atoms with van der Waals surface area (Å²) in [5.41, 5.74) is 0. The molecular formula is C12H25O2. The van der Waals surface area contributed by atoms with Gasteiger partial charge < -0.3 is 10.2 Å². The Morgan fingerprint density at radius 1 is 1.07 bits per heavy atom. The molecular weight excluding hydrogens is 176 g/mol. The van der Waals surface area contributed by atoms with Gasteiger partial charge in [0, 0.05) is 6.61 Å². The molecule has 0 saturated heterocycles. The van der Waals surface area contributed by atoms with Crippen molar-refractivity contribution in [3.63, 3.8) is 0 Å². The Labute approximate surface area is 88.3 Å². The lowest BCUT2D eigenvalue weighted by atomic mass is 10.0. The Balaban J connectivity index is 3.06. The van der Waals surface area contributed by atoms with Crippen LogP contribution >= 0.6 is 0 Å². The average Bonchev–Trinajstić information content (AvgIpc) is 2.18. The fourth-order valence-corrected chi connectivity index (χ4v) is 1.46. The predicted octanol–water partition coefficient (Wildman–Crippen LogP) is 2.68. The summed E-state index contributed by atoms with van der Waals surface area (Å²) >= 11 is 0. The van der Waals surface area contributed by atoms with Gasteiger partial charge in [-0.25, -0.2) is 0 Å². The second-order valence-corrected chi connectivity index (χ2v) is 3.87. The predicted molar refractivity (Wildman–Crippen MR) is 60.0 cm³/mol. The van der Waals surface area contributed by atoms with Gasteiger partial charge in [-0.15, -0.1) is 0 Å². The molecule has 0 saturated carbocycles. The van der Waals surface area contributed by atoms with Crippen molar-refractivity contribution in [3.8, 4) is 0 Å². The van der Waals surface area contributed by atoms with E-state index in [1.54, 1.807) is 0 Å². The molecule has 0 rings (SSSR count). The van der Waals surface area contributed by atoms with Crippen LogP contribution in [0, 0.1) is 6.42 Å². The summed E-state index contributed by atoms with van der Waals surface area (Å²) < 4.78 is 0. The summed E-state index contributed by atoms with van der Waals surface area (Å²) in [6.07, 6.45) is 10.3. The first-order chi connectivity index (χ1) is 6.81. The summed E-state index contributed by atoms with van der Waals surface area (Å²) in [5.74, 6) is 0. The van der Waals surface area contributed by atoms with Crippen LogP contribution in [0.3, 0.4) is 0 Å². The molecule has 85 valence electrons. The number of aliphatic hydroxyl groups excluding tert-OH is 2. The Hall–Kier alpha value is -0.0800. The van der Waals surface area contributed by atoms with Crippen LogP contribution in [-0.2, 0) is 0 Å². The van der Waals surface area contributed by atoms with Crippen LogP contribution in [-0.4, -0.2) is 22.9 Å². The van der Waals surface area contributed by atoms with Crippen molar-refractivity contribution in [2.75, 3.05) is 6.61 Å². The van der Waals surface area contributed by atoms with E-state index in [-0.39, 0.29) is 6.10 Å². The van der Waals surface area contributed by atoms with E-state index in [1.807, 2.05) is 6.42 Å². The maximum Gasteiger partial charge on any atom is 0.0572 e. The highest BCUT2D eigenvalue weighted by Gasteiger charge is 2.03. The zero-order valence-electron chi connectivity index (χ0n) is 9.41. The summed E-state index contributed by atoms with van der Waals surface area (Å²) in [6, 6.07) is 0. The molecule has 0 fully saturated rings. The molecule has 0 aliphatic heterocycles. The Bertz CT molecular complexity index is 104. The Kier molecular flexibility index (Phi) is 10.9. The van der Waals surface area contributed by atoms with Crippen molar-refractivity contribution in [1.29, 1.82) is 0 Å². The SMILES string of the molecule is CCCCCC(O)[CH]CCCCCO. The Morgan fingerprint density at radius 2 is 1.86 bits per heavy atom. The molecule has 1 unspecified atom stereocenters. The fraction of sp³-hybridized carbons (Fsp3) is 0.917. The highest BCUT2D eigenvalue weighted by atomic mass is 16.3. The third-order valence-corrected chi connectivity index (χ3v) is 2.40. The van der Waals surface area contributed by atoms with Crippen molar-refractivity contribution in [2.24, 2.45) is 0 Å². The monoisotopic (exact) mass is 201 g/mol. The molecule has 0 bridgehead atoms. The van der Waals surface area contributed by atoms with Crippen molar-refractivity contribution in [1.82, 2.24) is 0 Å². The van der Waals surface area contributed by atoms with E-state index in [9.17, 15) is 5.11 Å². The highest BCUT2D eigenvalue weighted by Crippen LogP contribution is 2.10. The quantitative estimate of drug-likeness (QED) is 0.533. The van der Waals surface area contributed by atoms with Gasteiger partial charge in [0.15, 0.2) is 0 Å². The van der Waals surface area contributed by atoms with Crippen LogP contribution in [0.4, 0.5) is 0 Å². The van der Waals surface area contributed by atoms with E-state index in [0.29, 0.717) is 6.61 Å². The van der Waals surface area contributed by atoms with Crippen LogP contribution in [0.5, 0.6) is 0 Å². The number of hydrogen-bond acceptors (Lipinski definition) is 2. The fourth-order valence-electron chi connectivity index (χ4n) is 1.46.